The lowest BCUT2D eigenvalue weighted by Gasteiger charge is -2.05. The van der Waals surface area contributed by atoms with Gasteiger partial charge in [-0.05, 0) is 6.07 Å². The van der Waals surface area contributed by atoms with Crippen LogP contribution in [0.5, 0.6) is 11.6 Å². The lowest BCUT2D eigenvalue weighted by molar-refractivity contribution is 0.0696. The summed E-state index contributed by atoms with van der Waals surface area (Å²) in [5.74, 6) is -0.584. The Morgan fingerprint density at radius 1 is 1.29 bits per heavy atom. The maximum Gasteiger partial charge on any atom is 0.337 e. The molecule has 1 N–H and O–H groups in total. The Labute approximate surface area is 130 Å². The van der Waals surface area contributed by atoms with Crippen molar-refractivity contribution in [1.82, 2.24) is 24.6 Å². The first-order valence-electron chi connectivity index (χ1n) is 5.24. The van der Waals surface area contributed by atoms with Gasteiger partial charge in [-0.25, -0.2) is 9.78 Å². The first-order chi connectivity index (χ1) is 9.24. The summed E-state index contributed by atoms with van der Waals surface area (Å²) in [5, 5.41) is 16.5. The third kappa shape index (κ3) is 3.36. The van der Waals surface area contributed by atoms with E-state index in [0.29, 0.717) is 5.65 Å². The molecular weight excluding hydrogens is 321 g/mol. The van der Waals surface area contributed by atoms with Gasteiger partial charge < -0.3 is 9.84 Å². The van der Waals surface area contributed by atoms with Crippen molar-refractivity contribution in [2.24, 2.45) is 0 Å². The second-order valence-corrected chi connectivity index (χ2v) is 3.61. The molecule has 0 bridgehead atoms. The summed E-state index contributed by atoms with van der Waals surface area (Å²) in [6, 6.07) is 1.36. The summed E-state index contributed by atoms with van der Waals surface area (Å²) >= 11 is 0. The Hall–Kier alpha value is -2.45. The van der Waals surface area contributed by atoms with Crippen LogP contribution in [0.2, 0.25) is 0 Å². The molecule has 0 radical (unpaired) electrons. The lowest BCUT2D eigenvalue weighted by Crippen LogP contribution is -1.99. The Balaban J connectivity index is 0.00000110. The van der Waals surface area contributed by atoms with Crippen LogP contribution in [0.4, 0.5) is 0 Å². The van der Waals surface area contributed by atoms with Gasteiger partial charge in [0, 0.05) is 18.6 Å². The highest BCUT2D eigenvalue weighted by Gasteiger charge is 2.10. The molecule has 0 unspecified atom stereocenters. The maximum atomic E-state index is 10.8. The number of ether oxygens (including phenoxy) is 1. The van der Waals surface area contributed by atoms with E-state index in [1.807, 2.05) is 0 Å². The second-order valence-electron chi connectivity index (χ2n) is 3.61. The topological polar surface area (TPSA) is 102 Å². The fourth-order valence-corrected chi connectivity index (χ4v) is 1.51. The van der Waals surface area contributed by atoms with E-state index in [-0.39, 0.29) is 42.0 Å². The number of hydrogen-bond acceptors (Lipinski definition) is 6. The standard InChI is InChI=1S/C11H7N5O3.2ClH/c17-11(18)7-3-8(5-12-4-7)19-10-9-15-14-6-16(9)2-1-13-10;;/h1-6H,(H,17,18);2*1H. The minimum absolute atomic E-state index is 0. The molecule has 10 heteroatoms. The number of carboxylic acids is 1. The summed E-state index contributed by atoms with van der Waals surface area (Å²) in [6.45, 7) is 0. The predicted molar refractivity (Wildman–Crippen MR) is 76.5 cm³/mol. The summed E-state index contributed by atoms with van der Waals surface area (Å²) in [5.41, 5.74) is 0.467. The Morgan fingerprint density at radius 2 is 2.10 bits per heavy atom. The van der Waals surface area contributed by atoms with Crippen molar-refractivity contribution in [3.63, 3.8) is 0 Å². The third-order valence-electron chi connectivity index (χ3n) is 2.36. The molecule has 0 fully saturated rings. The van der Waals surface area contributed by atoms with Gasteiger partial charge in [-0.2, -0.15) is 0 Å². The van der Waals surface area contributed by atoms with Crippen molar-refractivity contribution in [3.05, 3.63) is 42.7 Å². The summed E-state index contributed by atoms with van der Waals surface area (Å²) < 4.78 is 7.12. The number of halogens is 2. The van der Waals surface area contributed by atoms with Crippen molar-refractivity contribution < 1.29 is 14.6 Å². The molecule has 0 atom stereocenters. The zero-order chi connectivity index (χ0) is 13.2. The molecule has 3 aromatic rings. The number of carboxylic acid groups (broad SMARTS) is 1. The highest BCUT2D eigenvalue weighted by atomic mass is 35.5. The van der Waals surface area contributed by atoms with Crippen LogP contribution in [0.1, 0.15) is 10.4 Å². The number of aromatic carboxylic acids is 1. The van der Waals surface area contributed by atoms with Crippen molar-refractivity contribution >= 4 is 36.4 Å². The smallest absolute Gasteiger partial charge is 0.337 e. The number of aromatic nitrogens is 5. The molecule has 0 spiro atoms. The van der Waals surface area contributed by atoms with Crippen LogP contribution in [0, 0.1) is 0 Å². The van der Waals surface area contributed by atoms with Crippen molar-refractivity contribution in [2.45, 2.75) is 0 Å². The molecule has 0 aliphatic rings. The predicted octanol–water partition coefficient (Wildman–Crippen LogP) is 1.85. The van der Waals surface area contributed by atoms with E-state index in [9.17, 15) is 4.79 Å². The van der Waals surface area contributed by atoms with Crippen LogP contribution in [0.15, 0.2) is 37.2 Å². The Morgan fingerprint density at radius 3 is 2.86 bits per heavy atom. The lowest BCUT2D eigenvalue weighted by atomic mass is 10.3. The van der Waals surface area contributed by atoms with E-state index in [1.54, 1.807) is 10.6 Å². The molecular formula is C11H9Cl2N5O3. The molecule has 0 aliphatic heterocycles. The molecule has 3 aromatic heterocycles. The largest absolute Gasteiger partial charge is 0.478 e. The molecule has 3 heterocycles. The second kappa shape index (κ2) is 6.82. The number of pyridine rings is 1. The quantitative estimate of drug-likeness (QED) is 0.782. The number of fused-ring (bicyclic) bond motifs is 1. The average Bonchev–Trinajstić information content (AvgIpc) is 2.88. The summed E-state index contributed by atoms with van der Waals surface area (Å²) in [7, 11) is 0. The van der Waals surface area contributed by atoms with Gasteiger partial charge in [0.25, 0.3) is 5.88 Å². The molecule has 8 nitrogen and oxygen atoms in total. The van der Waals surface area contributed by atoms with Crippen LogP contribution in [-0.4, -0.2) is 35.6 Å². The van der Waals surface area contributed by atoms with E-state index in [0.717, 1.165) is 0 Å². The summed E-state index contributed by atoms with van der Waals surface area (Å²) in [4.78, 5) is 18.7. The van der Waals surface area contributed by atoms with E-state index in [1.165, 1.54) is 31.0 Å². The molecule has 3 rings (SSSR count). The molecule has 21 heavy (non-hydrogen) atoms. The molecule has 0 amide bonds. The first kappa shape index (κ1) is 16.6. The average molecular weight is 330 g/mol. The Bertz CT molecular complexity index is 764. The first-order valence-corrected chi connectivity index (χ1v) is 5.24. The number of hydrogen-bond donors (Lipinski definition) is 1. The van der Waals surface area contributed by atoms with Gasteiger partial charge in [0.1, 0.15) is 12.1 Å². The molecule has 0 aromatic carbocycles. The van der Waals surface area contributed by atoms with Gasteiger partial charge in [0.2, 0.25) is 5.65 Å². The van der Waals surface area contributed by atoms with E-state index in [2.05, 4.69) is 20.2 Å². The van der Waals surface area contributed by atoms with Crippen LogP contribution in [0.25, 0.3) is 5.65 Å². The van der Waals surface area contributed by atoms with Crippen molar-refractivity contribution in [3.8, 4) is 11.6 Å². The Kier molecular flexibility index (Phi) is 5.39. The van der Waals surface area contributed by atoms with Gasteiger partial charge in [-0.3, -0.25) is 9.38 Å². The van der Waals surface area contributed by atoms with Gasteiger partial charge in [-0.1, -0.05) is 0 Å². The number of nitrogens with zero attached hydrogens (tertiary/aromatic N) is 5. The molecule has 0 saturated heterocycles. The zero-order valence-corrected chi connectivity index (χ0v) is 11.9. The van der Waals surface area contributed by atoms with Gasteiger partial charge in [-0.15, -0.1) is 35.0 Å². The highest BCUT2D eigenvalue weighted by molar-refractivity contribution is 5.87. The normalized spacial score (nSPS) is 9.52. The van der Waals surface area contributed by atoms with E-state index < -0.39 is 5.97 Å². The molecule has 0 saturated carbocycles. The number of carbonyl (C=O) groups is 1. The summed E-state index contributed by atoms with van der Waals surface area (Å²) in [6.07, 6.45) is 7.35. The van der Waals surface area contributed by atoms with Gasteiger partial charge in [0.15, 0.2) is 0 Å². The maximum absolute atomic E-state index is 10.8. The minimum atomic E-state index is -1.08. The monoisotopic (exact) mass is 329 g/mol. The van der Waals surface area contributed by atoms with Crippen LogP contribution in [-0.2, 0) is 0 Å². The van der Waals surface area contributed by atoms with Crippen molar-refractivity contribution in [1.29, 1.82) is 0 Å². The van der Waals surface area contributed by atoms with Crippen molar-refractivity contribution in [2.75, 3.05) is 0 Å². The van der Waals surface area contributed by atoms with Gasteiger partial charge >= 0.3 is 5.97 Å². The van der Waals surface area contributed by atoms with E-state index >= 15 is 0 Å². The fourth-order valence-electron chi connectivity index (χ4n) is 1.51. The number of rotatable bonds is 3. The van der Waals surface area contributed by atoms with Gasteiger partial charge in [0.05, 0.1) is 11.8 Å². The van der Waals surface area contributed by atoms with E-state index in [4.69, 9.17) is 9.84 Å². The van der Waals surface area contributed by atoms with Crippen LogP contribution < -0.4 is 4.74 Å². The fraction of sp³-hybridized carbons (Fsp3) is 0. The zero-order valence-electron chi connectivity index (χ0n) is 10.3. The van der Waals surface area contributed by atoms with Crippen LogP contribution in [0.3, 0.4) is 0 Å². The third-order valence-corrected chi connectivity index (χ3v) is 2.36. The highest BCUT2D eigenvalue weighted by Crippen LogP contribution is 2.22. The molecule has 110 valence electrons. The minimum Gasteiger partial charge on any atom is -0.478 e. The van der Waals surface area contributed by atoms with Crippen LogP contribution >= 0.6 is 24.8 Å². The SMILES string of the molecule is Cl.Cl.O=C(O)c1cncc(Oc2nccn3cnnc23)c1. The molecule has 0 aliphatic carbocycles.